The Morgan fingerprint density at radius 1 is 1.90 bits per heavy atom. The molecule has 0 aliphatic rings. The van der Waals surface area contributed by atoms with Gasteiger partial charge in [0.15, 0.2) is 0 Å². The highest BCUT2D eigenvalue weighted by Crippen LogP contribution is 2.03. The number of aliphatic hydroxyl groups excluding tert-OH is 1. The molecule has 3 heteroatoms. The predicted molar refractivity (Wildman–Crippen MR) is 37.4 cm³/mol. The van der Waals surface area contributed by atoms with Gasteiger partial charge in [-0.05, 0) is 6.42 Å². The third kappa shape index (κ3) is 2.64. The summed E-state index contributed by atoms with van der Waals surface area (Å²) in [6.07, 6.45) is 2.04. The van der Waals surface area contributed by atoms with Crippen molar-refractivity contribution < 1.29 is 14.6 Å². The van der Waals surface area contributed by atoms with Crippen LogP contribution >= 0.6 is 0 Å². The van der Waals surface area contributed by atoms with E-state index in [0.29, 0.717) is 6.42 Å². The van der Waals surface area contributed by atoms with E-state index in [9.17, 15) is 4.79 Å². The molecule has 0 bridgehead atoms. The molecule has 3 nitrogen and oxygen atoms in total. The summed E-state index contributed by atoms with van der Waals surface area (Å²) >= 11 is 0. The second kappa shape index (κ2) is 4.99. The molecule has 0 fully saturated rings. The van der Waals surface area contributed by atoms with E-state index in [1.54, 1.807) is 6.08 Å². The van der Waals surface area contributed by atoms with Gasteiger partial charge in [0, 0.05) is 0 Å². The van der Waals surface area contributed by atoms with Crippen molar-refractivity contribution in [2.45, 2.75) is 6.42 Å². The number of hydrogen-bond donors (Lipinski definition) is 1. The Hall–Kier alpha value is -0.830. The van der Waals surface area contributed by atoms with Crippen molar-refractivity contribution in [3.05, 3.63) is 12.7 Å². The fraction of sp³-hybridized carbons (Fsp3) is 0.571. The van der Waals surface area contributed by atoms with E-state index < -0.39 is 5.92 Å². The van der Waals surface area contributed by atoms with E-state index in [1.807, 2.05) is 0 Å². The maximum atomic E-state index is 10.7. The van der Waals surface area contributed by atoms with Gasteiger partial charge in [0.05, 0.1) is 19.6 Å². The summed E-state index contributed by atoms with van der Waals surface area (Å²) in [7, 11) is 1.30. The summed E-state index contributed by atoms with van der Waals surface area (Å²) in [5, 5.41) is 8.61. The largest absolute Gasteiger partial charge is 0.469 e. The monoisotopic (exact) mass is 144 g/mol. The molecule has 0 aromatic carbocycles. The van der Waals surface area contributed by atoms with Gasteiger partial charge in [0.2, 0.25) is 0 Å². The zero-order valence-corrected chi connectivity index (χ0v) is 6.04. The molecule has 0 aromatic heterocycles. The molecule has 58 valence electrons. The van der Waals surface area contributed by atoms with Gasteiger partial charge in [0.1, 0.15) is 0 Å². The molecule has 10 heavy (non-hydrogen) atoms. The number of carbonyl (C=O) groups excluding carboxylic acids is 1. The van der Waals surface area contributed by atoms with E-state index in [4.69, 9.17) is 5.11 Å². The van der Waals surface area contributed by atoms with Gasteiger partial charge in [-0.3, -0.25) is 4.79 Å². The second-order valence-electron chi connectivity index (χ2n) is 1.93. The van der Waals surface area contributed by atoms with Crippen molar-refractivity contribution in [2.24, 2.45) is 5.92 Å². The summed E-state index contributed by atoms with van der Waals surface area (Å²) in [5.41, 5.74) is 0. The minimum atomic E-state index is -0.442. The zero-order valence-electron chi connectivity index (χ0n) is 6.04. The lowest BCUT2D eigenvalue weighted by molar-refractivity contribution is -0.146. The number of allylic oxidation sites excluding steroid dienone is 1. The highest BCUT2D eigenvalue weighted by Gasteiger charge is 2.15. The molecule has 0 amide bonds. The number of rotatable bonds is 4. The van der Waals surface area contributed by atoms with Crippen molar-refractivity contribution >= 4 is 5.97 Å². The Bertz CT molecular complexity index is 120. The van der Waals surface area contributed by atoms with Crippen LogP contribution in [0.5, 0.6) is 0 Å². The van der Waals surface area contributed by atoms with Crippen LogP contribution in [-0.4, -0.2) is 24.8 Å². The summed E-state index contributed by atoms with van der Waals surface area (Å²) in [4.78, 5) is 10.7. The molecule has 0 radical (unpaired) electrons. The van der Waals surface area contributed by atoms with Crippen LogP contribution in [0.4, 0.5) is 0 Å². The number of methoxy groups -OCH3 is 1. The van der Waals surface area contributed by atoms with E-state index in [1.165, 1.54) is 7.11 Å². The topological polar surface area (TPSA) is 46.5 Å². The molecule has 0 saturated heterocycles. The summed E-state index contributed by atoms with van der Waals surface area (Å²) in [6.45, 7) is 3.26. The first-order chi connectivity index (χ1) is 4.76. The molecule has 0 aliphatic heterocycles. The van der Waals surface area contributed by atoms with Crippen LogP contribution in [0, 0.1) is 5.92 Å². The van der Waals surface area contributed by atoms with Crippen molar-refractivity contribution in [1.82, 2.24) is 0 Å². The Balaban J connectivity index is 3.79. The average molecular weight is 144 g/mol. The SMILES string of the molecule is C=CCC(CO)C(=O)OC. The maximum Gasteiger partial charge on any atom is 0.311 e. The minimum absolute atomic E-state index is 0.182. The molecule has 1 N–H and O–H groups in total. The number of carbonyl (C=O) groups is 1. The van der Waals surface area contributed by atoms with Gasteiger partial charge in [0.25, 0.3) is 0 Å². The molecule has 1 unspecified atom stereocenters. The van der Waals surface area contributed by atoms with Gasteiger partial charge in [-0.15, -0.1) is 6.58 Å². The van der Waals surface area contributed by atoms with Crippen molar-refractivity contribution in [3.63, 3.8) is 0 Å². The molecular formula is C7H12O3. The third-order valence-electron chi connectivity index (χ3n) is 1.21. The molecule has 0 saturated carbocycles. The lowest BCUT2D eigenvalue weighted by Gasteiger charge is -2.07. The molecular weight excluding hydrogens is 132 g/mol. The average Bonchev–Trinajstić information content (AvgIpc) is 1.99. The van der Waals surface area contributed by atoms with Crippen LogP contribution < -0.4 is 0 Å². The van der Waals surface area contributed by atoms with Crippen molar-refractivity contribution in [3.8, 4) is 0 Å². The van der Waals surface area contributed by atoms with Gasteiger partial charge >= 0.3 is 5.97 Å². The Morgan fingerprint density at radius 3 is 2.80 bits per heavy atom. The quantitative estimate of drug-likeness (QED) is 0.457. The smallest absolute Gasteiger partial charge is 0.311 e. The Labute approximate surface area is 60.3 Å². The summed E-state index contributed by atoms with van der Waals surface area (Å²) in [5.74, 6) is -0.829. The summed E-state index contributed by atoms with van der Waals surface area (Å²) in [6, 6.07) is 0. The third-order valence-corrected chi connectivity index (χ3v) is 1.21. The number of esters is 1. The van der Waals surface area contributed by atoms with Crippen LogP contribution in [0.15, 0.2) is 12.7 Å². The van der Waals surface area contributed by atoms with Crippen LogP contribution in [-0.2, 0) is 9.53 Å². The Kier molecular flexibility index (Phi) is 4.58. The second-order valence-corrected chi connectivity index (χ2v) is 1.93. The van der Waals surface area contributed by atoms with E-state index in [2.05, 4.69) is 11.3 Å². The van der Waals surface area contributed by atoms with Gasteiger partial charge in [-0.25, -0.2) is 0 Å². The number of ether oxygens (including phenoxy) is 1. The van der Waals surface area contributed by atoms with E-state index in [-0.39, 0.29) is 12.6 Å². The van der Waals surface area contributed by atoms with Crippen molar-refractivity contribution in [2.75, 3.05) is 13.7 Å². The highest BCUT2D eigenvalue weighted by atomic mass is 16.5. The maximum absolute atomic E-state index is 10.7. The molecule has 1 atom stereocenters. The number of aliphatic hydroxyl groups is 1. The van der Waals surface area contributed by atoms with E-state index in [0.717, 1.165) is 0 Å². The first-order valence-electron chi connectivity index (χ1n) is 3.05. The van der Waals surface area contributed by atoms with Crippen LogP contribution in [0.3, 0.4) is 0 Å². The van der Waals surface area contributed by atoms with Crippen LogP contribution in [0.1, 0.15) is 6.42 Å². The molecule has 0 rings (SSSR count). The van der Waals surface area contributed by atoms with Gasteiger partial charge < -0.3 is 9.84 Å². The molecule has 0 heterocycles. The standard InChI is InChI=1S/C7H12O3/c1-3-4-6(5-8)7(9)10-2/h3,6,8H,1,4-5H2,2H3. The summed E-state index contributed by atoms with van der Waals surface area (Å²) < 4.78 is 4.41. The lowest BCUT2D eigenvalue weighted by Crippen LogP contribution is -2.18. The van der Waals surface area contributed by atoms with Crippen molar-refractivity contribution in [1.29, 1.82) is 0 Å². The first kappa shape index (κ1) is 9.17. The highest BCUT2D eigenvalue weighted by molar-refractivity contribution is 5.72. The molecule has 0 aliphatic carbocycles. The van der Waals surface area contributed by atoms with Gasteiger partial charge in [-0.1, -0.05) is 6.08 Å². The zero-order chi connectivity index (χ0) is 7.98. The van der Waals surface area contributed by atoms with Gasteiger partial charge in [-0.2, -0.15) is 0 Å². The normalized spacial score (nSPS) is 12.2. The molecule has 0 spiro atoms. The molecule has 0 aromatic rings. The fourth-order valence-electron chi connectivity index (χ4n) is 0.613. The van der Waals surface area contributed by atoms with Crippen LogP contribution in [0.25, 0.3) is 0 Å². The minimum Gasteiger partial charge on any atom is -0.469 e. The number of hydrogen-bond acceptors (Lipinski definition) is 3. The predicted octanol–water partition coefficient (Wildman–Crippen LogP) is 0.344. The first-order valence-corrected chi connectivity index (χ1v) is 3.05. The Morgan fingerprint density at radius 2 is 2.50 bits per heavy atom. The van der Waals surface area contributed by atoms with Crippen LogP contribution in [0.2, 0.25) is 0 Å². The lowest BCUT2D eigenvalue weighted by atomic mass is 10.1. The van der Waals surface area contributed by atoms with E-state index >= 15 is 0 Å². The fourth-order valence-corrected chi connectivity index (χ4v) is 0.613.